The van der Waals surface area contributed by atoms with E-state index >= 15 is 0 Å². The van der Waals surface area contributed by atoms with Crippen molar-refractivity contribution in [1.82, 2.24) is 9.55 Å². The van der Waals surface area contributed by atoms with Gasteiger partial charge in [-0.15, -0.1) is 10.2 Å². The lowest BCUT2D eigenvalue weighted by atomic mass is 10.2. The van der Waals surface area contributed by atoms with Crippen molar-refractivity contribution in [2.45, 2.75) is 6.54 Å². The first-order chi connectivity index (χ1) is 15.1. The highest BCUT2D eigenvalue weighted by molar-refractivity contribution is 5.99. The number of fused-ring (bicyclic) bond motifs is 2. The maximum Gasteiger partial charge on any atom is 0.311 e. The van der Waals surface area contributed by atoms with Crippen LogP contribution in [0.1, 0.15) is 16.1 Å². The number of H-pyrrole nitrogens is 1. The van der Waals surface area contributed by atoms with Crippen LogP contribution in [-0.2, 0) is 6.54 Å². The fraction of sp³-hybridized carbons (Fsp3) is 0.0417. The third kappa shape index (κ3) is 3.46. The molecule has 0 unspecified atom stereocenters. The minimum absolute atomic E-state index is 0.112. The molecule has 0 aliphatic heterocycles. The molecule has 0 radical (unpaired) electrons. The van der Waals surface area contributed by atoms with Crippen molar-refractivity contribution in [1.29, 1.82) is 0 Å². The first-order valence-corrected chi connectivity index (χ1v) is 9.68. The van der Waals surface area contributed by atoms with Crippen molar-refractivity contribution < 1.29 is 14.3 Å². The molecular weight excluding hydrogens is 395 g/mol. The monoisotopic (exact) mass is 412 g/mol. The molecule has 0 bridgehead atoms. The van der Waals surface area contributed by atoms with E-state index in [2.05, 4.69) is 15.2 Å². The molecule has 0 atom stereocenters. The zero-order chi connectivity index (χ0) is 21.4. The Labute approximate surface area is 176 Å². The van der Waals surface area contributed by atoms with Crippen LogP contribution in [-0.4, -0.2) is 20.6 Å². The van der Waals surface area contributed by atoms with Crippen LogP contribution < -0.4 is 0 Å². The molecule has 5 rings (SSSR count). The van der Waals surface area contributed by atoms with E-state index in [1.807, 2.05) is 42.5 Å². The Morgan fingerprint density at radius 2 is 1.74 bits per heavy atom. The van der Waals surface area contributed by atoms with Gasteiger partial charge >= 0.3 is 5.91 Å². The highest BCUT2D eigenvalue weighted by Gasteiger charge is 2.17. The van der Waals surface area contributed by atoms with E-state index in [0.717, 1.165) is 22.0 Å². The Kier molecular flexibility index (Phi) is 4.55. The first kappa shape index (κ1) is 18.7. The zero-order valence-electron chi connectivity index (χ0n) is 16.3. The number of amides is 1. The van der Waals surface area contributed by atoms with Crippen LogP contribution in [0.3, 0.4) is 0 Å². The molecule has 2 N–H and O–H groups in total. The van der Waals surface area contributed by atoms with Gasteiger partial charge in [-0.05, 0) is 35.9 Å². The van der Waals surface area contributed by atoms with Gasteiger partial charge in [0.05, 0.1) is 12.1 Å². The zero-order valence-corrected chi connectivity index (χ0v) is 16.3. The molecule has 6 nitrogen and oxygen atoms in total. The topological polar surface area (TPSA) is 82.7 Å². The van der Waals surface area contributed by atoms with Gasteiger partial charge in [-0.1, -0.05) is 48.5 Å². The summed E-state index contributed by atoms with van der Waals surface area (Å²) in [5, 5.41) is 20.3. The molecule has 2 aromatic heterocycles. The second kappa shape index (κ2) is 7.53. The molecule has 7 heteroatoms. The van der Waals surface area contributed by atoms with Gasteiger partial charge in [-0.25, -0.2) is 4.39 Å². The predicted octanol–water partition coefficient (Wildman–Crippen LogP) is 5.94. The molecule has 31 heavy (non-hydrogen) atoms. The summed E-state index contributed by atoms with van der Waals surface area (Å²) in [5.74, 6) is -0.972. The Balaban J connectivity index is 1.51. The Hall–Kier alpha value is -4.26. The number of aromatic amines is 1. The maximum absolute atomic E-state index is 13.2. The number of aromatic nitrogens is 2. The lowest BCUT2D eigenvalue weighted by Crippen LogP contribution is -1.98. The molecule has 2 heterocycles. The van der Waals surface area contributed by atoms with Crippen LogP contribution in [0.4, 0.5) is 10.1 Å². The van der Waals surface area contributed by atoms with Crippen LogP contribution in [0.5, 0.6) is 5.88 Å². The lowest BCUT2D eigenvalue weighted by Gasteiger charge is -2.07. The average molecular weight is 412 g/mol. The van der Waals surface area contributed by atoms with Crippen LogP contribution in [0.15, 0.2) is 89.1 Å². The van der Waals surface area contributed by atoms with Gasteiger partial charge in [-0.2, -0.15) is 0 Å². The third-order valence-corrected chi connectivity index (χ3v) is 5.17. The van der Waals surface area contributed by atoms with Gasteiger partial charge in [-0.3, -0.25) is 4.79 Å². The number of carbonyl (C=O) groups excluding carboxylic acids is 1. The fourth-order valence-corrected chi connectivity index (χ4v) is 3.64. The quantitative estimate of drug-likeness (QED) is 0.358. The van der Waals surface area contributed by atoms with Gasteiger partial charge < -0.3 is 14.7 Å². The van der Waals surface area contributed by atoms with E-state index < -0.39 is 5.91 Å². The number of nitrogens with one attached hydrogen (secondary N) is 1. The molecule has 0 aliphatic carbocycles. The number of hydrogen-bond acceptors (Lipinski definition) is 3. The fourth-order valence-electron chi connectivity index (χ4n) is 3.64. The molecule has 0 spiro atoms. The second-order valence-corrected chi connectivity index (χ2v) is 7.18. The number of benzene rings is 3. The number of hydrogen-bond donors (Lipinski definition) is 2. The average Bonchev–Trinajstić information content (AvgIpc) is 3.33. The molecular formula is C24H17FN4O2. The number of halogens is 1. The number of aromatic hydroxyl groups is 1. The molecule has 1 amide bonds. The normalized spacial score (nSPS) is 11.6. The molecule has 5 aromatic rings. The lowest BCUT2D eigenvalue weighted by molar-refractivity contribution is 0.0991. The van der Waals surface area contributed by atoms with Crippen LogP contribution in [0.2, 0.25) is 0 Å². The van der Waals surface area contributed by atoms with Crippen LogP contribution in [0.25, 0.3) is 21.8 Å². The summed E-state index contributed by atoms with van der Waals surface area (Å²) in [6, 6.07) is 22.6. The summed E-state index contributed by atoms with van der Waals surface area (Å²) >= 11 is 0. The number of carbonyl (C=O) groups is 1. The molecule has 3 aromatic carbocycles. The van der Waals surface area contributed by atoms with Gasteiger partial charge in [0.2, 0.25) is 5.88 Å². The van der Waals surface area contributed by atoms with Gasteiger partial charge in [0.15, 0.2) is 5.69 Å². The number of azo groups is 1. The molecule has 152 valence electrons. The summed E-state index contributed by atoms with van der Waals surface area (Å²) in [6.07, 6.45) is 0. The highest BCUT2D eigenvalue weighted by Crippen LogP contribution is 2.39. The van der Waals surface area contributed by atoms with E-state index in [1.54, 1.807) is 28.8 Å². The molecule has 0 aliphatic rings. The first-order valence-electron chi connectivity index (χ1n) is 9.68. The van der Waals surface area contributed by atoms with Crippen molar-refractivity contribution in [3.05, 3.63) is 95.9 Å². The maximum atomic E-state index is 13.2. The van der Waals surface area contributed by atoms with E-state index in [9.17, 15) is 14.3 Å². The summed E-state index contributed by atoms with van der Waals surface area (Å²) < 4.78 is 14.9. The minimum atomic E-state index is -0.536. The Bertz CT molecular complexity index is 1420. The van der Waals surface area contributed by atoms with Crippen molar-refractivity contribution in [2.24, 2.45) is 10.2 Å². The van der Waals surface area contributed by atoms with Gasteiger partial charge in [0.1, 0.15) is 11.5 Å². The van der Waals surface area contributed by atoms with E-state index in [1.165, 1.54) is 12.1 Å². The minimum Gasteiger partial charge on any atom is -0.493 e. The van der Waals surface area contributed by atoms with Crippen LogP contribution in [0, 0.1) is 5.82 Å². The summed E-state index contributed by atoms with van der Waals surface area (Å²) in [5.41, 5.74) is 2.91. The van der Waals surface area contributed by atoms with Gasteiger partial charge in [0.25, 0.3) is 0 Å². The van der Waals surface area contributed by atoms with E-state index in [0.29, 0.717) is 17.6 Å². The van der Waals surface area contributed by atoms with Crippen molar-refractivity contribution in [3.63, 3.8) is 0 Å². The third-order valence-electron chi connectivity index (χ3n) is 5.17. The van der Waals surface area contributed by atoms with Gasteiger partial charge in [0, 0.05) is 16.3 Å². The SMILES string of the molecule is O=C(N=Nc1c(O)n(Cc2ccc(F)cc2)c2ccccc12)c1cc2ccccc2[nH]1. The number of nitrogens with zero attached hydrogens (tertiary/aromatic N) is 3. The largest absolute Gasteiger partial charge is 0.493 e. The Morgan fingerprint density at radius 3 is 2.55 bits per heavy atom. The molecule has 0 saturated carbocycles. The predicted molar refractivity (Wildman–Crippen MR) is 116 cm³/mol. The summed E-state index contributed by atoms with van der Waals surface area (Å²) in [6.45, 7) is 0.318. The van der Waals surface area contributed by atoms with Crippen molar-refractivity contribution >= 4 is 33.4 Å². The number of para-hydroxylation sites is 2. The van der Waals surface area contributed by atoms with Crippen molar-refractivity contribution in [2.75, 3.05) is 0 Å². The summed E-state index contributed by atoms with van der Waals surface area (Å²) in [4.78, 5) is 15.6. The highest BCUT2D eigenvalue weighted by atomic mass is 19.1. The van der Waals surface area contributed by atoms with E-state index in [4.69, 9.17) is 0 Å². The Morgan fingerprint density at radius 1 is 1.00 bits per heavy atom. The van der Waals surface area contributed by atoms with E-state index in [-0.39, 0.29) is 17.4 Å². The smallest absolute Gasteiger partial charge is 0.311 e. The standard InChI is InChI=1S/C24H17FN4O2/c25-17-11-9-15(10-12-17)14-29-21-8-4-2-6-18(21)22(24(29)31)27-28-23(30)20-13-16-5-1-3-7-19(16)26-20/h1-13,26,31H,14H2. The molecule has 0 saturated heterocycles. The van der Waals surface area contributed by atoms with Crippen molar-refractivity contribution in [3.8, 4) is 5.88 Å². The second-order valence-electron chi connectivity index (χ2n) is 7.18. The number of rotatable bonds is 4. The summed E-state index contributed by atoms with van der Waals surface area (Å²) in [7, 11) is 0. The molecule has 0 fully saturated rings. The van der Waals surface area contributed by atoms with Crippen LogP contribution >= 0.6 is 0 Å².